The number of benzene rings is 1. The molecule has 2 atom stereocenters. The summed E-state index contributed by atoms with van der Waals surface area (Å²) in [5.41, 5.74) is 13.7. The van der Waals surface area contributed by atoms with Crippen LogP contribution in [0.5, 0.6) is 0 Å². The molecule has 1 saturated heterocycles. The molecule has 1 aliphatic heterocycles. The van der Waals surface area contributed by atoms with Gasteiger partial charge in [-0.3, -0.25) is 4.79 Å². The van der Waals surface area contributed by atoms with Crippen molar-refractivity contribution in [3.63, 3.8) is 0 Å². The molecule has 2 aliphatic rings. The van der Waals surface area contributed by atoms with Crippen molar-refractivity contribution in [2.24, 2.45) is 17.6 Å². The predicted octanol–water partition coefficient (Wildman–Crippen LogP) is 2.38. The molecular formula is C16H23N3O. The van der Waals surface area contributed by atoms with Crippen molar-refractivity contribution in [1.82, 2.24) is 0 Å². The molecule has 1 aromatic rings. The molecule has 0 aromatic heterocycles. The Bertz CT molecular complexity index is 514. The highest BCUT2D eigenvalue weighted by Crippen LogP contribution is 2.39. The van der Waals surface area contributed by atoms with Crippen molar-refractivity contribution in [2.75, 3.05) is 23.7 Å². The van der Waals surface area contributed by atoms with Gasteiger partial charge in [-0.1, -0.05) is 25.3 Å². The molecule has 0 radical (unpaired) electrons. The summed E-state index contributed by atoms with van der Waals surface area (Å²) >= 11 is 0. The van der Waals surface area contributed by atoms with E-state index in [2.05, 4.69) is 4.90 Å². The Morgan fingerprint density at radius 2 is 1.90 bits per heavy atom. The molecule has 1 aromatic carbocycles. The highest BCUT2D eigenvalue weighted by Gasteiger charge is 2.32. The number of nitrogens with zero attached hydrogens (tertiary/aromatic N) is 1. The number of para-hydroxylation sites is 1. The second-order valence-corrected chi connectivity index (χ2v) is 6.15. The van der Waals surface area contributed by atoms with Gasteiger partial charge in [0.1, 0.15) is 0 Å². The van der Waals surface area contributed by atoms with Gasteiger partial charge in [0.05, 0.1) is 16.9 Å². The summed E-state index contributed by atoms with van der Waals surface area (Å²) in [6, 6.07) is 5.43. The normalized spacial score (nSPS) is 26.1. The Morgan fingerprint density at radius 3 is 2.65 bits per heavy atom. The molecule has 0 spiro atoms. The van der Waals surface area contributed by atoms with Crippen LogP contribution in [0.3, 0.4) is 0 Å². The molecule has 1 aliphatic carbocycles. The van der Waals surface area contributed by atoms with Crippen LogP contribution in [0.4, 0.5) is 11.4 Å². The molecule has 2 fully saturated rings. The van der Waals surface area contributed by atoms with Crippen LogP contribution in [0, 0.1) is 11.8 Å². The molecule has 4 nitrogen and oxygen atoms in total. The smallest absolute Gasteiger partial charge is 0.250 e. The van der Waals surface area contributed by atoms with Crippen molar-refractivity contribution in [1.29, 1.82) is 0 Å². The van der Waals surface area contributed by atoms with E-state index < -0.39 is 5.91 Å². The molecule has 1 heterocycles. The molecule has 4 heteroatoms. The van der Waals surface area contributed by atoms with E-state index in [9.17, 15) is 4.79 Å². The van der Waals surface area contributed by atoms with Crippen LogP contribution in [0.1, 0.15) is 42.5 Å². The van der Waals surface area contributed by atoms with Crippen molar-refractivity contribution in [2.45, 2.75) is 32.1 Å². The summed E-state index contributed by atoms with van der Waals surface area (Å²) in [6.07, 6.45) is 6.59. The summed E-state index contributed by atoms with van der Waals surface area (Å²) < 4.78 is 0. The van der Waals surface area contributed by atoms with Gasteiger partial charge in [0.15, 0.2) is 0 Å². The highest BCUT2D eigenvalue weighted by atomic mass is 16.1. The summed E-state index contributed by atoms with van der Waals surface area (Å²) in [6.45, 7) is 1.99. The van der Waals surface area contributed by atoms with Crippen LogP contribution in [0.15, 0.2) is 18.2 Å². The third-order valence-electron chi connectivity index (χ3n) is 4.94. The van der Waals surface area contributed by atoms with E-state index >= 15 is 0 Å². The topological polar surface area (TPSA) is 72.3 Å². The summed E-state index contributed by atoms with van der Waals surface area (Å²) in [4.78, 5) is 13.9. The number of carbonyl (C=O) groups is 1. The Hall–Kier alpha value is -1.71. The van der Waals surface area contributed by atoms with Gasteiger partial charge in [0.25, 0.3) is 5.91 Å². The molecule has 108 valence electrons. The lowest BCUT2D eigenvalue weighted by molar-refractivity contribution is 0.100. The first-order valence-electron chi connectivity index (χ1n) is 7.60. The molecule has 2 unspecified atom stereocenters. The first kappa shape index (κ1) is 13.3. The maximum Gasteiger partial charge on any atom is 0.250 e. The molecule has 1 amide bonds. The Kier molecular flexibility index (Phi) is 3.55. The summed E-state index contributed by atoms with van der Waals surface area (Å²) in [5, 5.41) is 0. The van der Waals surface area contributed by atoms with E-state index in [1.165, 1.54) is 32.1 Å². The number of anilines is 2. The van der Waals surface area contributed by atoms with Gasteiger partial charge in [0, 0.05) is 13.1 Å². The summed E-state index contributed by atoms with van der Waals surface area (Å²) in [7, 11) is 0. The lowest BCUT2D eigenvalue weighted by Gasteiger charge is -2.43. The molecule has 20 heavy (non-hydrogen) atoms. The molecule has 1 saturated carbocycles. The maximum atomic E-state index is 11.6. The van der Waals surface area contributed by atoms with Crippen molar-refractivity contribution >= 4 is 17.3 Å². The monoisotopic (exact) mass is 273 g/mol. The van der Waals surface area contributed by atoms with E-state index in [-0.39, 0.29) is 0 Å². The number of hydrogen-bond acceptors (Lipinski definition) is 3. The van der Waals surface area contributed by atoms with Gasteiger partial charge in [-0.2, -0.15) is 0 Å². The van der Waals surface area contributed by atoms with Gasteiger partial charge in [-0.05, 0) is 36.8 Å². The van der Waals surface area contributed by atoms with E-state index in [1.54, 1.807) is 12.1 Å². The minimum atomic E-state index is -0.391. The Morgan fingerprint density at radius 1 is 1.15 bits per heavy atom. The lowest BCUT2D eigenvalue weighted by atomic mass is 9.75. The van der Waals surface area contributed by atoms with Crippen LogP contribution >= 0.6 is 0 Å². The fourth-order valence-electron chi connectivity index (χ4n) is 3.92. The standard InChI is InChI=1S/C16H23N3O/c17-14-7-3-6-13(16(18)20)15(14)19-9-8-11-4-1-2-5-12(11)10-19/h3,6-7,11-12H,1-2,4-5,8-10,17H2,(H2,18,20). The van der Waals surface area contributed by atoms with Gasteiger partial charge < -0.3 is 16.4 Å². The zero-order chi connectivity index (χ0) is 14.1. The first-order valence-corrected chi connectivity index (χ1v) is 7.60. The number of nitrogens with two attached hydrogens (primary N) is 2. The van der Waals surface area contributed by atoms with Crippen LogP contribution in [0.2, 0.25) is 0 Å². The van der Waals surface area contributed by atoms with E-state index in [1.807, 2.05) is 6.07 Å². The van der Waals surface area contributed by atoms with Crippen LogP contribution in [0.25, 0.3) is 0 Å². The van der Waals surface area contributed by atoms with Gasteiger partial charge >= 0.3 is 0 Å². The number of amides is 1. The third kappa shape index (κ3) is 2.35. The summed E-state index contributed by atoms with van der Waals surface area (Å²) in [5.74, 6) is 1.22. The second kappa shape index (κ2) is 5.35. The van der Waals surface area contributed by atoms with Crippen LogP contribution < -0.4 is 16.4 Å². The molecule has 4 N–H and O–H groups in total. The second-order valence-electron chi connectivity index (χ2n) is 6.15. The maximum absolute atomic E-state index is 11.6. The highest BCUT2D eigenvalue weighted by molar-refractivity contribution is 6.01. The molecule has 0 bridgehead atoms. The zero-order valence-corrected chi connectivity index (χ0v) is 11.8. The number of primary amides is 1. The quantitative estimate of drug-likeness (QED) is 0.813. The number of carbonyl (C=O) groups excluding carboxylic acids is 1. The third-order valence-corrected chi connectivity index (χ3v) is 4.94. The predicted molar refractivity (Wildman–Crippen MR) is 81.7 cm³/mol. The van der Waals surface area contributed by atoms with E-state index in [4.69, 9.17) is 11.5 Å². The fourth-order valence-corrected chi connectivity index (χ4v) is 3.92. The Labute approximate surface area is 120 Å². The number of fused-ring (bicyclic) bond motifs is 1. The van der Waals surface area contributed by atoms with Gasteiger partial charge in [-0.25, -0.2) is 0 Å². The Balaban J connectivity index is 1.88. The average Bonchev–Trinajstić information content (AvgIpc) is 2.46. The minimum Gasteiger partial charge on any atom is -0.397 e. The number of rotatable bonds is 2. The molecular weight excluding hydrogens is 250 g/mol. The number of nitrogen functional groups attached to an aromatic ring is 1. The van der Waals surface area contributed by atoms with Crippen molar-refractivity contribution in [3.8, 4) is 0 Å². The largest absolute Gasteiger partial charge is 0.397 e. The fraction of sp³-hybridized carbons (Fsp3) is 0.562. The van der Waals surface area contributed by atoms with Crippen LogP contribution in [-0.4, -0.2) is 19.0 Å². The SMILES string of the molecule is NC(=O)c1cccc(N)c1N1CCC2CCCCC2C1. The van der Waals surface area contributed by atoms with Gasteiger partial charge in [-0.15, -0.1) is 0 Å². The zero-order valence-electron chi connectivity index (χ0n) is 11.8. The van der Waals surface area contributed by atoms with Crippen molar-refractivity contribution < 1.29 is 4.79 Å². The van der Waals surface area contributed by atoms with Gasteiger partial charge in [0.2, 0.25) is 0 Å². The first-order chi connectivity index (χ1) is 9.66. The van der Waals surface area contributed by atoms with Crippen molar-refractivity contribution in [3.05, 3.63) is 23.8 Å². The lowest BCUT2D eigenvalue weighted by Crippen LogP contribution is -2.42. The molecule has 3 rings (SSSR count). The minimum absolute atomic E-state index is 0.391. The number of hydrogen-bond donors (Lipinski definition) is 2. The number of piperidine rings is 1. The van der Waals surface area contributed by atoms with E-state index in [0.29, 0.717) is 11.3 Å². The average molecular weight is 273 g/mol. The van der Waals surface area contributed by atoms with Crippen LogP contribution in [-0.2, 0) is 0 Å². The van der Waals surface area contributed by atoms with E-state index in [0.717, 1.165) is 30.6 Å².